The molecule has 7 heteroatoms. The lowest BCUT2D eigenvalue weighted by Crippen LogP contribution is -2.40. The average molecular weight is 258 g/mol. The van der Waals surface area contributed by atoms with Gasteiger partial charge in [0.25, 0.3) is 0 Å². The van der Waals surface area contributed by atoms with E-state index in [1.165, 1.54) is 14.2 Å². The monoisotopic (exact) mass is 258 g/mol. The fourth-order valence-corrected chi connectivity index (χ4v) is 1.45. The number of aliphatic hydroxyl groups excluding tert-OH is 2. The predicted octanol–water partition coefficient (Wildman–Crippen LogP) is -0.940. The van der Waals surface area contributed by atoms with Gasteiger partial charge in [-0.25, -0.2) is 0 Å². The third-order valence-corrected chi connectivity index (χ3v) is 2.64. The molecule has 0 saturated carbocycles. The van der Waals surface area contributed by atoms with Gasteiger partial charge in [0.2, 0.25) is 5.88 Å². The Labute approximate surface area is 105 Å². The van der Waals surface area contributed by atoms with E-state index in [9.17, 15) is 5.11 Å². The van der Waals surface area contributed by atoms with Crippen molar-refractivity contribution in [2.24, 2.45) is 0 Å². The molecule has 0 aliphatic carbocycles. The maximum absolute atomic E-state index is 9.89. The van der Waals surface area contributed by atoms with Gasteiger partial charge in [0.05, 0.1) is 33.1 Å². The van der Waals surface area contributed by atoms with Gasteiger partial charge in [-0.3, -0.25) is 0 Å². The zero-order chi connectivity index (χ0) is 13.8. The van der Waals surface area contributed by atoms with E-state index >= 15 is 0 Å². The number of hydrogen-bond donors (Lipinski definition) is 3. The molecule has 1 rings (SSSR count). The molecule has 0 saturated heterocycles. The molecule has 1 aromatic rings. The smallest absolute Gasteiger partial charge is 0.319 e. The zero-order valence-electron chi connectivity index (χ0n) is 10.7. The molecule has 0 aromatic carbocycles. The Morgan fingerprint density at radius 1 is 1.11 bits per heavy atom. The van der Waals surface area contributed by atoms with E-state index in [1.807, 2.05) is 0 Å². The van der Waals surface area contributed by atoms with Crippen molar-refractivity contribution < 1.29 is 24.8 Å². The van der Waals surface area contributed by atoms with Crippen LogP contribution in [0.1, 0.15) is 11.3 Å². The second-order valence-corrected chi connectivity index (χ2v) is 4.01. The van der Waals surface area contributed by atoms with Crippen LogP contribution >= 0.6 is 0 Å². The highest BCUT2D eigenvalue weighted by Crippen LogP contribution is 2.23. The lowest BCUT2D eigenvalue weighted by Gasteiger charge is -2.23. The molecule has 0 amide bonds. The molecule has 7 nitrogen and oxygen atoms in total. The lowest BCUT2D eigenvalue weighted by molar-refractivity contribution is -0.0547. The van der Waals surface area contributed by atoms with Gasteiger partial charge in [-0.2, -0.15) is 9.97 Å². The Hall–Kier alpha value is -1.44. The van der Waals surface area contributed by atoms with Crippen molar-refractivity contribution >= 4 is 0 Å². The third kappa shape index (κ3) is 3.06. The maximum atomic E-state index is 9.89. The van der Waals surface area contributed by atoms with Crippen LogP contribution in [-0.2, 0) is 6.42 Å². The standard InChI is InChI=1S/C11H18N2O5/c1-7-8(4-11(16,5-14)6-15)12-10(18-3)13-9(7)17-2/h14-16H,4-6H2,1-3H3. The van der Waals surface area contributed by atoms with Crippen LogP contribution in [0.5, 0.6) is 11.9 Å². The highest BCUT2D eigenvalue weighted by atomic mass is 16.5. The van der Waals surface area contributed by atoms with Crippen molar-refractivity contribution in [2.75, 3.05) is 27.4 Å². The summed E-state index contributed by atoms with van der Waals surface area (Å²) in [4.78, 5) is 8.07. The van der Waals surface area contributed by atoms with Crippen molar-refractivity contribution in [3.8, 4) is 11.9 Å². The lowest BCUT2D eigenvalue weighted by atomic mass is 9.97. The summed E-state index contributed by atoms with van der Waals surface area (Å²) >= 11 is 0. The van der Waals surface area contributed by atoms with Gasteiger partial charge >= 0.3 is 6.01 Å². The summed E-state index contributed by atoms with van der Waals surface area (Å²) in [6, 6.07) is 0.102. The Morgan fingerprint density at radius 3 is 2.17 bits per heavy atom. The quantitative estimate of drug-likeness (QED) is 0.604. The number of rotatable bonds is 6. The third-order valence-electron chi connectivity index (χ3n) is 2.64. The molecule has 18 heavy (non-hydrogen) atoms. The van der Waals surface area contributed by atoms with Crippen LogP contribution in [0, 0.1) is 6.92 Å². The van der Waals surface area contributed by atoms with Crippen molar-refractivity contribution in [2.45, 2.75) is 18.9 Å². The van der Waals surface area contributed by atoms with E-state index in [0.717, 1.165) is 0 Å². The summed E-state index contributed by atoms with van der Waals surface area (Å²) in [5.41, 5.74) is -0.558. The van der Waals surface area contributed by atoms with Crippen molar-refractivity contribution in [3.63, 3.8) is 0 Å². The first-order valence-electron chi connectivity index (χ1n) is 5.39. The summed E-state index contributed by atoms with van der Waals surface area (Å²) < 4.78 is 10.00. The van der Waals surface area contributed by atoms with Crippen LogP contribution in [-0.4, -0.2) is 58.3 Å². The molecule has 0 radical (unpaired) electrons. The van der Waals surface area contributed by atoms with Crippen molar-refractivity contribution in [1.82, 2.24) is 9.97 Å². The van der Waals surface area contributed by atoms with Gasteiger partial charge in [0, 0.05) is 12.0 Å². The van der Waals surface area contributed by atoms with Gasteiger partial charge in [-0.15, -0.1) is 0 Å². The number of aromatic nitrogens is 2. The van der Waals surface area contributed by atoms with Crippen LogP contribution < -0.4 is 9.47 Å². The van der Waals surface area contributed by atoms with E-state index in [4.69, 9.17) is 19.7 Å². The van der Waals surface area contributed by atoms with Crippen LogP contribution in [0.15, 0.2) is 0 Å². The number of hydrogen-bond acceptors (Lipinski definition) is 7. The van der Waals surface area contributed by atoms with Crippen LogP contribution in [0.3, 0.4) is 0 Å². The molecular formula is C11H18N2O5. The van der Waals surface area contributed by atoms with Crippen molar-refractivity contribution in [1.29, 1.82) is 0 Å². The SMILES string of the molecule is COc1nc(CC(O)(CO)CO)c(C)c(OC)n1. The Morgan fingerprint density at radius 2 is 1.72 bits per heavy atom. The second-order valence-electron chi connectivity index (χ2n) is 4.01. The van der Waals surface area contributed by atoms with E-state index in [0.29, 0.717) is 17.1 Å². The van der Waals surface area contributed by atoms with E-state index in [1.54, 1.807) is 6.92 Å². The minimum atomic E-state index is -1.63. The van der Waals surface area contributed by atoms with Crippen LogP contribution in [0.2, 0.25) is 0 Å². The molecule has 102 valence electrons. The summed E-state index contributed by atoms with van der Waals surface area (Å²) in [6.07, 6.45) is -0.0267. The molecule has 3 N–H and O–H groups in total. The number of ether oxygens (including phenoxy) is 2. The second kappa shape index (κ2) is 5.94. The van der Waals surface area contributed by atoms with Gasteiger partial charge in [-0.1, -0.05) is 0 Å². The summed E-state index contributed by atoms with van der Waals surface area (Å²) in [5.74, 6) is 0.329. The summed E-state index contributed by atoms with van der Waals surface area (Å²) in [6.45, 7) is 0.581. The molecule has 0 aliphatic heterocycles. The average Bonchev–Trinajstić information content (AvgIpc) is 2.40. The highest BCUT2D eigenvalue weighted by molar-refractivity contribution is 5.32. The molecule has 0 atom stereocenters. The predicted molar refractivity (Wildman–Crippen MR) is 62.7 cm³/mol. The largest absolute Gasteiger partial charge is 0.481 e. The van der Waals surface area contributed by atoms with E-state index in [-0.39, 0.29) is 12.4 Å². The zero-order valence-corrected chi connectivity index (χ0v) is 10.7. The first-order valence-corrected chi connectivity index (χ1v) is 5.39. The normalized spacial score (nSPS) is 11.4. The molecule has 1 aromatic heterocycles. The summed E-state index contributed by atoms with van der Waals surface area (Å²) in [7, 11) is 2.88. The van der Waals surface area contributed by atoms with Crippen molar-refractivity contribution in [3.05, 3.63) is 11.3 Å². The number of aliphatic hydroxyl groups is 3. The number of methoxy groups -OCH3 is 2. The first kappa shape index (κ1) is 14.6. The number of nitrogens with zero attached hydrogens (tertiary/aromatic N) is 2. The summed E-state index contributed by atoms with van der Waals surface area (Å²) in [5, 5.41) is 28.0. The molecule has 1 heterocycles. The molecule has 0 bridgehead atoms. The van der Waals surface area contributed by atoms with Crippen LogP contribution in [0.25, 0.3) is 0 Å². The Balaban J connectivity index is 3.15. The molecule has 0 fully saturated rings. The Kier molecular flexibility index (Phi) is 4.83. The van der Waals surface area contributed by atoms with Crippen LogP contribution in [0.4, 0.5) is 0 Å². The fourth-order valence-electron chi connectivity index (χ4n) is 1.45. The molecule has 0 unspecified atom stereocenters. The minimum Gasteiger partial charge on any atom is -0.481 e. The maximum Gasteiger partial charge on any atom is 0.319 e. The van der Waals surface area contributed by atoms with Gasteiger partial charge < -0.3 is 24.8 Å². The minimum absolute atomic E-state index is 0.0267. The molecule has 0 aliphatic rings. The fraction of sp³-hybridized carbons (Fsp3) is 0.636. The first-order chi connectivity index (χ1) is 8.49. The van der Waals surface area contributed by atoms with Gasteiger partial charge in [0.15, 0.2) is 0 Å². The molecule has 0 spiro atoms. The van der Waals surface area contributed by atoms with Gasteiger partial charge in [0.1, 0.15) is 5.60 Å². The topological polar surface area (TPSA) is 105 Å². The highest BCUT2D eigenvalue weighted by Gasteiger charge is 2.28. The van der Waals surface area contributed by atoms with E-state index in [2.05, 4.69) is 9.97 Å². The Bertz CT molecular complexity index is 407. The van der Waals surface area contributed by atoms with Gasteiger partial charge in [-0.05, 0) is 6.92 Å². The van der Waals surface area contributed by atoms with E-state index < -0.39 is 18.8 Å². The molecular weight excluding hydrogens is 240 g/mol.